The number of nitrogens with one attached hydrogen (secondary N) is 1. The van der Waals surface area contributed by atoms with Gasteiger partial charge in [-0.3, -0.25) is 4.79 Å². The van der Waals surface area contributed by atoms with Gasteiger partial charge in [-0.05, 0) is 29.8 Å². The van der Waals surface area contributed by atoms with Crippen molar-refractivity contribution in [2.45, 2.75) is 0 Å². The van der Waals surface area contributed by atoms with Crippen molar-refractivity contribution in [1.82, 2.24) is 5.43 Å². The van der Waals surface area contributed by atoms with Crippen molar-refractivity contribution in [2.75, 3.05) is 6.61 Å². The maximum Gasteiger partial charge on any atom is 0.277 e. The first-order valence-corrected chi connectivity index (χ1v) is 6.09. The minimum Gasteiger partial charge on any atom is -0.484 e. The minimum atomic E-state index is -0.488. The van der Waals surface area contributed by atoms with E-state index in [1.54, 1.807) is 0 Å². The number of ether oxygens (including phenoxy) is 1. The summed E-state index contributed by atoms with van der Waals surface area (Å²) in [6.07, 6.45) is 1.37. The third kappa shape index (κ3) is 5.02. The average Bonchev–Trinajstić information content (AvgIpc) is 2.47. The zero-order valence-electron chi connectivity index (χ0n) is 10.9. The number of carbonyl (C=O) groups is 1. The smallest absolute Gasteiger partial charge is 0.277 e. The van der Waals surface area contributed by atoms with E-state index in [0.29, 0.717) is 5.56 Å². The Bertz CT molecular complexity index is 642. The molecule has 21 heavy (non-hydrogen) atoms. The molecule has 0 aliphatic heterocycles. The van der Waals surface area contributed by atoms with E-state index in [9.17, 15) is 13.6 Å². The number of benzene rings is 2. The predicted molar refractivity (Wildman–Crippen MR) is 74.0 cm³/mol. The van der Waals surface area contributed by atoms with Crippen LogP contribution in [0.2, 0.25) is 0 Å². The van der Waals surface area contributed by atoms with Crippen molar-refractivity contribution in [3.8, 4) is 5.75 Å². The average molecular weight is 290 g/mol. The highest BCUT2D eigenvalue weighted by Crippen LogP contribution is 2.11. The SMILES string of the molecule is O=C(COc1cccc(F)c1)N/N=C\c1ccc(F)cc1. The number of nitrogens with zero attached hydrogens (tertiary/aromatic N) is 1. The largest absolute Gasteiger partial charge is 0.484 e. The molecule has 0 aliphatic carbocycles. The summed E-state index contributed by atoms with van der Waals surface area (Å²) in [6.45, 7) is -0.287. The Morgan fingerprint density at radius 2 is 1.90 bits per heavy atom. The summed E-state index contributed by atoms with van der Waals surface area (Å²) >= 11 is 0. The number of carbonyl (C=O) groups excluding carboxylic acids is 1. The summed E-state index contributed by atoms with van der Waals surface area (Å²) in [7, 11) is 0. The van der Waals surface area contributed by atoms with Gasteiger partial charge in [-0.1, -0.05) is 18.2 Å². The number of hydrazone groups is 1. The molecule has 1 amide bonds. The first kappa shape index (κ1) is 14.6. The van der Waals surface area contributed by atoms with Crippen LogP contribution in [0.25, 0.3) is 0 Å². The highest BCUT2D eigenvalue weighted by atomic mass is 19.1. The second kappa shape index (κ2) is 7.14. The Morgan fingerprint density at radius 1 is 1.14 bits per heavy atom. The third-order valence-electron chi connectivity index (χ3n) is 2.44. The molecule has 0 spiro atoms. The van der Waals surface area contributed by atoms with Crippen LogP contribution >= 0.6 is 0 Å². The van der Waals surface area contributed by atoms with Crippen molar-refractivity contribution < 1.29 is 18.3 Å². The monoisotopic (exact) mass is 290 g/mol. The number of halogens is 2. The third-order valence-corrected chi connectivity index (χ3v) is 2.44. The molecule has 6 heteroatoms. The number of hydrogen-bond acceptors (Lipinski definition) is 3. The maximum absolute atomic E-state index is 12.9. The molecule has 1 N–H and O–H groups in total. The van der Waals surface area contributed by atoms with Crippen molar-refractivity contribution in [3.63, 3.8) is 0 Å². The summed E-state index contributed by atoms with van der Waals surface area (Å²) in [6, 6.07) is 11.1. The topological polar surface area (TPSA) is 50.7 Å². The van der Waals surface area contributed by atoms with Crippen LogP contribution in [-0.2, 0) is 4.79 Å². The fraction of sp³-hybridized carbons (Fsp3) is 0.0667. The lowest BCUT2D eigenvalue weighted by Gasteiger charge is -2.04. The molecule has 2 aromatic carbocycles. The molecule has 2 aromatic rings. The Hall–Kier alpha value is -2.76. The van der Waals surface area contributed by atoms with E-state index in [1.807, 2.05) is 0 Å². The van der Waals surface area contributed by atoms with Gasteiger partial charge in [0.25, 0.3) is 5.91 Å². The Kier molecular flexibility index (Phi) is 4.98. The van der Waals surface area contributed by atoms with Gasteiger partial charge >= 0.3 is 0 Å². The molecule has 2 rings (SSSR count). The van der Waals surface area contributed by atoms with Crippen LogP contribution in [-0.4, -0.2) is 18.7 Å². The molecular weight excluding hydrogens is 278 g/mol. The van der Waals surface area contributed by atoms with Crippen molar-refractivity contribution in [3.05, 3.63) is 65.7 Å². The normalized spacial score (nSPS) is 10.6. The maximum atomic E-state index is 12.9. The molecule has 0 saturated heterocycles. The molecule has 0 aromatic heterocycles. The van der Waals surface area contributed by atoms with Gasteiger partial charge in [-0.15, -0.1) is 0 Å². The second-order valence-electron chi connectivity index (χ2n) is 4.09. The molecule has 0 saturated carbocycles. The van der Waals surface area contributed by atoms with Crippen LogP contribution in [0.3, 0.4) is 0 Å². The van der Waals surface area contributed by atoms with E-state index < -0.39 is 11.7 Å². The minimum absolute atomic E-state index is 0.257. The molecule has 0 heterocycles. The summed E-state index contributed by atoms with van der Waals surface area (Å²) < 4.78 is 30.6. The summed E-state index contributed by atoms with van der Waals surface area (Å²) in [5, 5.41) is 3.70. The molecule has 0 unspecified atom stereocenters. The van der Waals surface area contributed by atoms with Gasteiger partial charge in [0.1, 0.15) is 17.4 Å². The lowest BCUT2D eigenvalue weighted by Crippen LogP contribution is -2.24. The Balaban J connectivity index is 1.78. The molecule has 0 fully saturated rings. The van der Waals surface area contributed by atoms with Crippen molar-refractivity contribution >= 4 is 12.1 Å². The quantitative estimate of drug-likeness (QED) is 0.679. The molecule has 108 valence electrons. The second-order valence-corrected chi connectivity index (χ2v) is 4.09. The fourth-order valence-corrected chi connectivity index (χ4v) is 1.47. The zero-order chi connectivity index (χ0) is 15.1. The van der Waals surface area contributed by atoms with E-state index >= 15 is 0 Å². The predicted octanol–water partition coefficient (Wildman–Crippen LogP) is 2.49. The van der Waals surface area contributed by atoms with Gasteiger partial charge in [0.2, 0.25) is 0 Å². The van der Waals surface area contributed by atoms with Gasteiger partial charge in [0.15, 0.2) is 6.61 Å². The van der Waals surface area contributed by atoms with E-state index in [4.69, 9.17) is 4.74 Å². The Labute approximate surface area is 120 Å². The fourth-order valence-electron chi connectivity index (χ4n) is 1.47. The van der Waals surface area contributed by atoms with Gasteiger partial charge in [0.05, 0.1) is 6.21 Å². The van der Waals surface area contributed by atoms with Gasteiger partial charge < -0.3 is 4.74 Å². The number of rotatable bonds is 5. The van der Waals surface area contributed by atoms with Crippen LogP contribution in [0.4, 0.5) is 8.78 Å². The first-order valence-electron chi connectivity index (χ1n) is 6.09. The lowest BCUT2D eigenvalue weighted by molar-refractivity contribution is -0.123. The molecular formula is C15H12F2N2O2. The van der Waals surface area contributed by atoms with E-state index in [2.05, 4.69) is 10.5 Å². The van der Waals surface area contributed by atoms with Crippen LogP contribution in [0.5, 0.6) is 5.75 Å². The van der Waals surface area contributed by atoms with Crippen molar-refractivity contribution in [2.24, 2.45) is 5.10 Å². The zero-order valence-corrected chi connectivity index (χ0v) is 10.9. The molecule has 0 radical (unpaired) electrons. The van der Waals surface area contributed by atoms with Crippen molar-refractivity contribution in [1.29, 1.82) is 0 Å². The molecule has 0 bridgehead atoms. The summed E-state index contributed by atoms with van der Waals surface area (Å²) in [5.74, 6) is -1.02. The molecule has 4 nitrogen and oxygen atoms in total. The van der Waals surface area contributed by atoms with Crippen LogP contribution in [0.1, 0.15) is 5.56 Å². The summed E-state index contributed by atoms with van der Waals surface area (Å²) in [4.78, 5) is 11.4. The first-order chi connectivity index (χ1) is 10.1. The number of hydrogen-bond donors (Lipinski definition) is 1. The van der Waals surface area contributed by atoms with Gasteiger partial charge in [-0.2, -0.15) is 5.10 Å². The van der Waals surface area contributed by atoms with Crippen LogP contribution in [0, 0.1) is 11.6 Å². The Morgan fingerprint density at radius 3 is 2.62 bits per heavy atom. The standard InChI is InChI=1S/C15H12F2N2O2/c16-12-6-4-11(5-7-12)9-18-19-15(20)10-21-14-3-1-2-13(17)8-14/h1-9H,10H2,(H,19,20)/b18-9-. The highest BCUT2D eigenvalue weighted by molar-refractivity contribution is 5.82. The van der Waals surface area contributed by atoms with Gasteiger partial charge in [-0.25, -0.2) is 14.2 Å². The molecule has 0 aliphatic rings. The summed E-state index contributed by atoms with van der Waals surface area (Å²) in [5.41, 5.74) is 2.89. The number of amides is 1. The van der Waals surface area contributed by atoms with Crippen LogP contribution < -0.4 is 10.2 Å². The van der Waals surface area contributed by atoms with E-state index in [1.165, 1.54) is 54.7 Å². The molecule has 0 atom stereocenters. The van der Waals surface area contributed by atoms with E-state index in [-0.39, 0.29) is 18.2 Å². The van der Waals surface area contributed by atoms with E-state index in [0.717, 1.165) is 0 Å². The lowest BCUT2D eigenvalue weighted by atomic mass is 10.2. The highest BCUT2D eigenvalue weighted by Gasteiger charge is 2.02. The van der Waals surface area contributed by atoms with Crippen LogP contribution in [0.15, 0.2) is 53.6 Å². The van der Waals surface area contributed by atoms with Gasteiger partial charge in [0, 0.05) is 6.07 Å².